The van der Waals surface area contributed by atoms with Crippen LogP contribution in [0.1, 0.15) is 67.9 Å². The average molecular weight is 683 g/mol. The molecule has 0 saturated heterocycles. The third kappa shape index (κ3) is 9.53. The number of hydrogen-bond donors (Lipinski definition) is 0. The summed E-state index contributed by atoms with van der Waals surface area (Å²) in [5, 5.41) is -1.16. The summed E-state index contributed by atoms with van der Waals surface area (Å²) < 4.78 is 118. The van der Waals surface area contributed by atoms with E-state index in [4.69, 9.17) is 0 Å². The molecule has 0 radical (unpaired) electrons. The monoisotopic (exact) mass is 682 g/mol. The fourth-order valence-electron chi connectivity index (χ4n) is 4.57. The van der Waals surface area contributed by atoms with Gasteiger partial charge in [-0.25, -0.2) is 13.2 Å². The van der Waals surface area contributed by atoms with Crippen molar-refractivity contribution in [1.82, 2.24) is 0 Å². The van der Waals surface area contributed by atoms with E-state index in [1.54, 1.807) is 29.2 Å². The zero-order chi connectivity index (χ0) is 34.2. The maximum absolute atomic E-state index is 15.3. The Labute approximate surface area is 268 Å². The Hall–Kier alpha value is -3.46. The molecule has 3 aromatic rings. The van der Waals surface area contributed by atoms with Gasteiger partial charge in [0.05, 0.1) is 11.1 Å². The molecule has 0 saturated carbocycles. The van der Waals surface area contributed by atoms with Crippen molar-refractivity contribution >= 4 is 34.7 Å². The van der Waals surface area contributed by atoms with E-state index in [0.717, 1.165) is 37.3 Å². The van der Waals surface area contributed by atoms with Crippen LogP contribution >= 0.6 is 18.5 Å². The summed E-state index contributed by atoms with van der Waals surface area (Å²) in [6.45, 7) is 5.47. The molecule has 0 bridgehead atoms. The van der Waals surface area contributed by atoms with Crippen molar-refractivity contribution in [1.29, 1.82) is 0 Å². The number of aryl methyl sites for hydroxylation is 1. The molecule has 46 heavy (non-hydrogen) atoms. The molecule has 244 valence electrons. The van der Waals surface area contributed by atoms with E-state index >= 15 is 13.2 Å². The number of benzene rings is 3. The van der Waals surface area contributed by atoms with Crippen molar-refractivity contribution in [3.63, 3.8) is 0 Å². The van der Waals surface area contributed by atoms with Crippen LogP contribution in [0.15, 0.2) is 78.2 Å². The highest BCUT2D eigenvalue weighted by atomic mass is 31.0. The minimum Gasteiger partial charge on any atom is -0.429 e. The molecule has 11 heteroatoms. The molecular weight excluding hydrogens is 650 g/mol. The van der Waals surface area contributed by atoms with Crippen LogP contribution in [0.2, 0.25) is 0 Å². The highest BCUT2D eigenvalue weighted by Crippen LogP contribution is 2.37. The molecular formula is C35H32F8OP2. The Bertz CT molecular complexity index is 1660. The molecule has 0 amide bonds. The van der Waals surface area contributed by atoms with Gasteiger partial charge in [-0.05, 0) is 78.3 Å². The molecule has 0 aromatic heterocycles. The Morgan fingerprint density at radius 3 is 2.02 bits per heavy atom. The zero-order valence-electron chi connectivity index (χ0n) is 25.3. The molecule has 1 nitrogen and oxygen atoms in total. The zero-order valence-corrected chi connectivity index (χ0v) is 27.6. The molecule has 0 spiro atoms. The van der Waals surface area contributed by atoms with E-state index in [1.165, 1.54) is 17.7 Å². The maximum atomic E-state index is 15.3. The Morgan fingerprint density at radius 1 is 0.848 bits per heavy atom. The van der Waals surface area contributed by atoms with E-state index in [9.17, 15) is 22.0 Å². The van der Waals surface area contributed by atoms with Crippen LogP contribution < -0.4 is 15.3 Å². The second-order valence-electron chi connectivity index (χ2n) is 10.3. The van der Waals surface area contributed by atoms with Gasteiger partial charge in [-0.15, -0.1) is 18.5 Å². The molecule has 0 aliphatic heterocycles. The molecule has 3 rings (SSSR count). The molecule has 2 atom stereocenters. The smallest absolute Gasteiger partial charge is 0.429 e. The second kappa shape index (κ2) is 15.9. The minimum absolute atomic E-state index is 0.0171. The Morgan fingerprint density at radius 2 is 1.48 bits per heavy atom. The lowest BCUT2D eigenvalue weighted by Gasteiger charge is -2.22. The van der Waals surface area contributed by atoms with Gasteiger partial charge in [0.25, 0.3) is 0 Å². The number of alkyl halides is 5. The predicted molar refractivity (Wildman–Crippen MR) is 174 cm³/mol. The van der Waals surface area contributed by atoms with Crippen LogP contribution in [-0.2, 0) is 18.7 Å². The van der Waals surface area contributed by atoms with Crippen LogP contribution in [0.5, 0.6) is 5.75 Å². The van der Waals surface area contributed by atoms with Crippen molar-refractivity contribution in [2.75, 3.05) is 0 Å². The van der Waals surface area contributed by atoms with Gasteiger partial charge in [0.2, 0.25) is 0 Å². The van der Waals surface area contributed by atoms with E-state index in [2.05, 4.69) is 23.5 Å². The molecule has 0 fully saturated rings. The summed E-state index contributed by atoms with van der Waals surface area (Å²) in [4.78, 5) is 0. The van der Waals surface area contributed by atoms with Gasteiger partial charge < -0.3 is 4.74 Å². The van der Waals surface area contributed by atoms with Crippen LogP contribution in [0, 0.1) is 23.5 Å². The predicted octanol–water partition coefficient (Wildman–Crippen LogP) is 10.1. The highest BCUT2D eigenvalue weighted by Gasteiger charge is 2.41. The van der Waals surface area contributed by atoms with Gasteiger partial charge in [-0.2, -0.15) is 22.0 Å². The molecule has 0 aliphatic rings. The van der Waals surface area contributed by atoms with Crippen LogP contribution in [0.25, 0.3) is 5.57 Å². The lowest BCUT2D eigenvalue weighted by molar-refractivity contribution is -0.186. The van der Waals surface area contributed by atoms with Crippen molar-refractivity contribution in [2.45, 2.75) is 58.7 Å². The first-order valence-electron chi connectivity index (χ1n) is 14.2. The first-order valence-corrected chi connectivity index (χ1v) is 15.4. The average Bonchev–Trinajstić information content (AvgIpc) is 2.95. The van der Waals surface area contributed by atoms with Crippen LogP contribution in [-0.4, -0.2) is 0 Å². The second-order valence-corrected chi connectivity index (χ2v) is 11.5. The van der Waals surface area contributed by atoms with Gasteiger partial charge in [0.1, 0.15) is 28.8 Å². The third-order valence-corrected chi connectivity index (χ3v) is 7.78. The summed E-state index contributed by atoms with van der Waals surface area (Å²) in [6.07, 6.45) is -0.659. The van der Waals surface area contributed by atoms with Gasteiger partial charge in [-0.1, -0.05) is 68.0 Å². The topological polar surface area (TPSA) is 9.23 Å². The Balaban J connectivity index is 1.83. The first-order chi connectivity index (χ1) is 21.6. The molecule has 3 aromatic carbocycles. The van der Waals surface area contributed by atoms with Crippen molar-refractivity contribution in [3.8, 4) is 17.6 Å². The molecule has 2 unspecified atom stereocenters. The number of hydrogen-bond acceptors (Lipinski definition) is 1. The highest BCUT2D eigenvalue weighted by molar-refractivity contribution is 7.27. The minimum atomic E-state index is -5.07. The van der Waals surface area contributed by atoms with Gasteiger partial charge in [0.15, 0.2) is 0 Å². The largest absolute Gasteiger partial charge is 0.430 e. The van der Waals surface area contributed by atoms with Crippen LogP contribution in [0.4, 0.5) is 35.1 Å². The van der Waals surface area contributed by atoms with E-state index in [0.29, 0.717) is 17.7 Å². The van der Waals surface area contributed by atoms with Gasteiger partial charge in [-0.3, -0.25) is 0 Å². The number of halogens is 8. The summed E-state index contributed by atoms with van der Waals surface area (Å²) in [6, 6.07) is 10.3. The van der Waals surface area contributed by atoms with E-state index in [1.807, 2.05) is 33.5 Å². The Kier molecular flexibility index (Phi) is 12.8. The van der Waals surface area contributed by atoms with Crippen molar-refractivity contribution in [2.24, 2.45) is 0 Å². The number of ether oxygens (including phenoxy) is 1. The van der Waals surface area contributed by atoms with Crippen molar-refractivity contribution < 1.29 is 39.9 Å². The normalized spacial score (nSPS) is 13.0. The number of allylic oxidation sites excluding steroid dienone is 6. The third-order valence-electron chi connectivity index (χ3n) is 6.87. The number of unbranched alkanes of at least 4 members (excludes halogenated alkanes) is 2. The van der Waals surface area contributed by atoms with Gasteiger partial charge >= 0.3 is 12.3 Å². The SMILES string of the molecule is C/C=C(C#Cc1cc(F)c(C(F)(F)Oc2cc(F)c(C(F)(F)F)c(P)c2)c(P)c1)/C(F)=C\C(=C/C)c1ccc(CCCCC)cc1. The van der Waals surface area contributed by atoms with Crippen LogP contribution in [0.3, 0.4) is 0 Å². The standard InChI is InChI=1S/C35H32F8OP2/c1-4-7-8-9-21-10-14-25(15-11-21)24(6-3)18-27(36)23(5-2)13-12-22-16-28(37)33(30(45)17-22)35(42,43)44-26-19-29(38)32(31(46)20-26)34(39,40)41/h5-6,10-11,14-20H,4,7-9,45-46H2,1-3H3/b23-5+,24-6+,27-18+. The van der Waals surface area contributed by atoms with Gasteiger partial charge in [0, 0.05) is 11.6 Å². The summed E-state index contributed by atoms with van der Waals surface area (Å²) in [5.74, 6) is 0.277. The lowest BCUT2D eigenvalue weighted by atomic mass is 10.00. The summed E-state index contributed by atoms with van der Waals surface area (Å²) in [5.41, 5.74) is -0.374. The van der Waals surface area contributed by atoms with E-state index in [-0.39, 0.29) is 22.5 Å². The molecule has 0 N–H and O–H groups in total. The quantitative estimate of drug-likeness (QED) is 0.0680. The first kappa shape index (κ1) is 37.0. The fourth-order valence-corrected chi connectivity index (χ4v) is 5.52. The fraction of sp³-hybridized carbons (Fsp3) is 0.257. The molecule has 0 heterocycles. The maximum Gasteiger partial charge on any atom is 0.430 e. The summed E-state index contributed by atoms with van der Waals surface area (Å²) >= 11 is 0. The number of rotatable bonds is 10. The molecule has 0 aliphatic carbocycles. The lowest BCUT2D eigenvalue weighted by Crippen LogP contribution is -2.29. The van der Waals surface area contributed by atoms with E-state index < -0.39 is 51.9 Å². The van der Waals surface area contributed by atoms with Crippen molar-refractivity contribution in [3.05, 3.63) is 118 Å². The summed E-state index contributed by atoms with van der Waals surface area (Å²) in [7, 11) is 3.51.